The second-order valence-electron chi connectivity index (χ2n) is 5.37. The second kappa shape index (κ2) is 6.88. The highest BCUT2D eigenvalue weighted by molar-refractivity contribution is 7.86. The Hall–Kier alpha value is -2.96. The average Bonchev–Trinajstić information content (AvgIpc) is 2.60. The smallest absolute Gasteiger partial charge is 0.295 e. The van der Waals surface area contributed by atoms with Crippen molar-refractivity contribution in [3.8, 4) is 0 Å². The minimum Gasteiger partial charge on any atom is -0.322 e. The summed E-state index contributed by atoms with van der Waals surface area (Å²) in [5.41, 5.74) is 1.36. The van der Waals surface area contributed by atoms with Gasteiger partial charge in [-0.25, -0.2) is 0 Å². The van der Waals surface area contributed by atoms with E-state index >= 15 is 0 Å². The number of carbonyl (C=O) groups is 1. The number of nitrogens with one attached hydrogen (secondary N) is 1. The molecule has 0 heterocycles. The summed E-state index contributed by atoms with van der Waals surface area (Å²) in [5.74, 6) is -0.339. The molecule has 5 nitrogen and oxygen atoms in total. The van der Waals surface area contributed by atoms with Crippen molar-refractivity contribution in [3.05, 3.63) is 78.4 Å². The van der Waals surface area contributed by atoms with Crippen molar-refractivity contribution in [2.24, 2.45) is 0 Å². The molecule has 126 valence electrons. The highest BCUT2D eigenvalue weighted by atomic mass is 32.2. The Morgan fingerprint density at radius 3 is 2.20 bits per heavy atom. The van der Waals surface area contributed by atoms with Crippen LogP contribution in [0.3, 0.4) is 0 Å². The third kappa shape index (κ3) is 3.93. The van der Waals surface area contributed by atoms with E-state index in [4.69, 9.17) is 0 Å². The molecule has 0 spiro atoms. The van der Waals surface area contributed by atoms with E-state index in [1.54, 1.807) is 30.3 Å². The number of hydrogen-bond acceptors (Lipinski definition) is 3. The van der Waals surface area contributed by atoms with E-state index in [0.717, 1.165) is 5.56 Å². The fourth-order valence-electron chi connectivity index (χ4n) is 2.52. The molecule has 25 heavy (non-hydrogen) atoms. The molecule has 0 unspecified atom stereocenters. The first-order valence-corrected chi connectivity index (χ1v) is 8.92. The fraction of sp³-hybridized carbons (Fsp3) is 0. The lowest BCUT2D eigenvalue weighted by Gasteiger charge is -2.10. The molecule has 0 saturated heterocycles. The van der Waals surface area contributed by atoms with Gasteiger partial charge in [-0.15, -0.1) is 0 Å². The number of hydrogen-bond donors (Lipinski definition) is 2. The van der Waals surface area contributed by atoms with Crippen molar-refractivity contribution in [1.29, 1.82) is 0 Å². The van der Waals surface area contributed by atoms with E-state index in [2.05, 4.69) is 5.32 Å². The Kier molecular flexibility index (Phi) is 4.65. The van der Waals surface area contributed by atoms with E-state index in [0.29, 0.717) is 16.5 Å². The number of rotatable bonds is 4. The summed E-state index contributed by atoms with van der Waals surface area (Å²) in [4.78, 5) is 12.0. The van der Waals surface area contributed by atoms with Crippen LogP contribution in [0, 0.1) is 0 Å². The van der Waals surface area contributed by atoms with Gasteiger partial charge in [0, 0.05) is 22.5 Å². The standard InChI is InChI=1S/C19H15NO4S/c21-19(13-10-14-6-2-1-3-7-14)20-17-11-12-18(25(22,23)24)16-9-5-4-8-15(16)17/h1-13H,(H,20,21)(H,22,23,24)/b13-10+. The lowest BCUT2D eigenvalue weighted by Crippen LogP contribution is -2.09. The van der Waals surface area contributed by atoms with Gasteiger partial charge in [0.05, 0.1) is 0 Å². The lowest BCUT2D eigenvalue weighted by atomic mass is 10.1. The molecule has 2 N–H and O–H groups in total. The molecule has 1 amide bonds. The largest absolute Gasteiger partial charge is 0.322 e. The molecule has 0 atom stereocenters. The van der Waals surface area contributed by atoms with Crippen LogP contribution in [-0.4, -0.2) is 18.9 Å². The molecular weight excluding hydrogens is 338 g/mol. The summed E-state index contributed by atoms with van der Waals surface area (Å²) in [6.45, 7) is 0. The highest BCUT2D eigenvalue weighted by Gasteiger charge is 2.15. The number of carbonyl (C=O) groups excluding carboxylic acids is 1. The molecule has 0 aliphatic rings. The van der Waals surface area contributed by atoms with Crippen molar-refractivity contribution in [2.45, 2.75) is 4.90 Å². The molecule has 3 aromatic rings. The van der Waals surface area contributed by atoms with Gasteiger partial charge in [-0.1, -0.05) is 54.6 Å². The predicted octanol–water partition coefficient (Wildman–Crippen LogP) is 3.74. The first-order chi connectivity index (χ1) is 11.9. The molecule has 0 radical (unpaired) electrons. The van der Waals surface area contributed by atoms with Crippen LogP contribution in [0.4, 0.5) is 5.69 Å². The molecule has 3 rings (SSSR count). The van der Waals surface area contributed by atoms with Crippen LogP contribution >= 0.6 is 0 Å². The zero-order chi connectivity index (χ0) is 17.9. The zero-order valence-corrected chi connectivity index (χ0v) is 13.9. The summed E-state index contributed by atoms with van der Waals surface area (Å²) in [6.07, 6.45) is 3.09. The van der Waals surface area contributed by atoms with Gasteiger partial charge >= 0.3 is 0 Å². The normalized spacial score (nSPS) is 11.7. The third-order valence-corrected chi connectivity index (χ3v) is 4.56. The van der Waals surface area contributed by atoms with E-state index < -0.39 is 10.1 Å². The Labute approximate surface area is 145 Å². The maximum Gasteiger partial charge on any atom is 0.295 e. The van der Waals surface area contributed by atoms with Crippen molar-refractivity contribution in [2.75, 3.05) is 5.32 Å². The minimum absolute atomic E-state index is 0.194. The molecule has 0 aromatic heterocycles. The van der Waals surface area contributed by atoms with Crippen LogP contribution < -0.4 is 5.32 Å². The summed E-state index contributed by atoms with van der Waals surface area (Å²) in [6, 6.07) is 18.8. The summed E-state index contributed by atoms with van der Waals surface area (Å²) < 4.78 is 32.3. The van der Waals surface area contributed by atoms with E-state index in [9.17, 15) is 17.8 Å². The van der Waals surface area contributed by atoms with Gasteiger partial charge in [0.25, 0.3) is 10.1 Å². The van der Waals surface area contributed by atoms with Crippen LogP contribution in [0.1, 0.15) is 5.56 Å². The van der Waals surface area contributed by atoms with E-state index in [1.807, 2.05) is 30.3 Å². The van der Waals surface area contributed by atoms with Crippen molar-refractivity contribution < 1.29 is 17.8 Å². The maximum atomic E-state index is 12.1. The maximum absolute atomic E-state index is 12.1. The first-order valence-electron chi connectivity index (χ1n) is 7.48. The van der Waals surface area contributed by atoms with Crippen molar-refractivity contribution in [1.82, 2.24) is 0 Å². The number of anilines is 1. The summed E-state index contributed by atoms with van der Waals surface area (Å²) in [7, 11) is -4.35. The van der Waals surface area contributed by atoms with Crippen LogP contribution in [0.5, 0.6) is 0 Å². The Morgan fingerprint density at radius 2 is 1.52 bits per heavy atom. The lowest BCUT2D eigenvalue weighted by molar-refractivity contribution is -0.111. The quantitative estimate of drug-likeness (QED) is 0.553. The molecular formula is C19H15NO4S. The van der Waals surface area contributed by atoms with Crippen LogP contribution in [-0.2, 0) is 14.9 Å². The Morgan fingerprint density at radius 1 is 0.880 bits per heavy atom. The third-order valence-electron chi connectivity index (χ3n) is 3.65. The number of amides is 1. The number of fused-ring (bicyclic) bond motifs is 1. The average molecular weight is 353 g/mol. The second-order valence-corrected chi connectivity index (χ2v) is 6.76. The molecule has 0 saturated carbocycles. The molecule has 0 aliphatic heterocycles. The van der Waals surface area contributed by atoms with E-state index in [1.165, 1.54) is 18.2 Å². The van der Waals surface area contributed by atoms with Crippen molar-refractivity contribution >= 4 is 38.6 Å². The van der Waals surface area contributed by atoms with Gasteiger partial charge in [-0.05, 0) is 23.8 Å². The zero-order valence-electron chi connectivity index (χ0n) is 13.1. The monoisotopic (exact) mass is 353 g/mol. The molecule has 6 heteroatoms. The van der Waals surface area contributed by atoms with Crippen molar-refractivity contribution in [3.63, 3.8) is 0 Å². The topological polar surface area (TPSA) is 83.5 Å². The predicted molar refractivity (Wildman–Crippen MR) is 97.9 cm³/mol. The summed E-state index contributed by atoms with van der Waals surface area (Å²) in [5, 5.41) is 3.60. The van der Waals surface area contributed by atoms with Gasteiger partial charge in [0.15, 0.2) is 0 Å². The van der Waals surface area contributed by atoms with Gasteiger partial charge in [-0.2, -0.15) is 8.42 Å². The molecule has 0 fully saturated rings. The van der Waals surface area contributed by atoms with Gasteiger partial charge in [-0.3, -0.25) is 9.35 Å². The number of benzene rings is 3. The highest BCUT2D eigenvalue weighted by Crippen LogP contribution is 2.29. The Balaban J connectivity index is 1.92. The first kappa shape index (κ1) is 16.9. The Bertz CT molecular complexity index is 1060. The van der Waals surface area contributed by atoms with Crippen LogP contribution in [0.25, 0.3) is 16.8 Å². The fourth-order valence-corrected chi connectivity index (χ4v) is 3.21. The minimum atomic E-state index is -4.35. The van der Waals surface area contributed by atoms with Gasteiger partial charge < -0.3 is 5.32 Å². The molecule has 3 aromatic carbocycles. The van der Waals surface area contributed by atoms with Crippen LogP contribution in [0.2, 0.25) is 0 Å². The molecule has 0 aliphatic carbocycles. The van der Waals surface area contributed by atoms with Gasteiger partial charge in [0.2, 0.25) is 5.91 Å². The molecule has 0 bridgehead atoms. The summed E-state index contributed by atoms with van der Waals surface area (Å²) >= 11 is 0. The SMILES string of the molecule is O=C(/C=C/c1ccccc1)Nc1ccc(S(=O)(=O)O)c2ccccc12. The van der Waals surface area contributed by atoms with Gasteiger partial charge in [0.1, 0.15) is 4.90 Å². The van der Waals surface area contributed by atoms with E-state index in [-0.39, 0.29) is 10.8 Å². The van der Waals surface area contributed by atoms with Crippen LogP contribution in [0.15, 0.2) is 77.7 Å².